The molecular weight excluding hydrogens is 262 g/mol. The molecule has 0 aliphatic heterocycles. The SMILES string of the molecule is Cc1ccc(OCC(=O)NC(C)C2CC3CCC2C3)cc1. The first-order valence-corrected chi connectivity index (χ1v) is 8.10. The normalized spacial score (nSPS) is 28.4. The lowest BCUT2D eigenvalue weighted by Crippen LogP contribution is -2.42. The van der Waals surface area contributed by atoms with E-state index in [1.54, 1.807) is 0 Å². The van der Waals surface area contributed by atoms with Gasteiger partial charge in [0.1, 0.15) is 5.75 Å². The highest BCUT2D eigenvalue weighted by Crippen LogP contribution is 2.49. The average molecular weight is 287 g/mol. The Morgan fingerprint density at radius 1 is 1.29 bits per heavy atom. The minimum Gasteiger partial charge on any atom is -0.484 e. The van der Waals surface area contributed by atoms with Gasteiger partial charge in [-0.05, 0) is 63.0 Å². The van der Waals surface area contributed by atoms with Gasteiger partial charge in [0, 0.05) is 6.04 Å². The highest BCUT2D eigenvalue weighted by atomic mass is 16.5. The highest BCUT2D eigenvalue weighted by Gasteiger charge is 2.42. The van der Waals surface area contributed by atoms with E-state index in [0.717, 1.165) is 17.6 Å². The molecule has 2 aliphatic rings. The molecule has 0 aromatic heterocycles. The molecular formula is C18H25NO2. The van der Waals surface area contributed by atoms with Gasteiger partial charge < -0.3 is 10.1 Å². The summed E-state index contributed by atoms with van der Waals surface area (Å²) in [6.45, 7) is 4.29. The number of hydrogen-bond donors (Lipinski definition) is 1. The second kappa shape index (κ2) is 6.08. The molecule has 0 radical (unpaired) electrons. The smallest absolute Gasteiger partial charge is 0.258 e. The van der Waals surface area contributed by atoms with Crippen LogP contribution >= 0.6 is 0 Å². The van der Waals surface area contributed by atoms with E-state index in [1.807, 2.05) is 31.2 Å². The molecule has 114 valence electrons. The fourth-order valence-electron chi connectivity index (χ4n) is 4.09. The number of ether oxygens (including phenoxy) is 1. The van der Waals surface area contributed by atoms with Gasteiger partial charge in [-0.2, -0.15) is 0 Å². The van der Waals surface area contributed by atoms with Crippen molar-refractivity contribution >= 4 is 5.91 Å². The first kappa shape index (κ1) is 14.4. The van der Waals surface area contributed by atoms with Crippen molar-refractivity contribution in [3.63, 3.8) is 0 Å². The molecule has 0 heterocycles. The van der Waals surface area contributed by atoms with E-state index >= 15 is 0 Å². The number of amides is 1. The Bertz CT molecular complexity index is 496. The Kier molecular flexibility index (Phi) is 4.18. The van der Waals surface area contributed by atoms with E-state index in [2.05, 4.69) is 12.2 Å². The standard InChI is InChI=1S/C18H25NO2/c1-12-3-7-16(8-4-12)21-11-18(20)19-13(2)17-10-14-5-6-15(17)9-14/h3-4,7-8,13-15,17H,5-6,9-11H2,1-2H3,(H,19,20). The van der Waals surface area contributed by atoms with Crippen LogP contribution in [0.15, 0.2) is 24.3 Å². The van der Waals surface area contributed by atoms with Crippen molar-refractivity contribution in [2.75, 3.05) is 6.61 Å². The van der Waals surface area contributed by atoms with Crippen LogP contribution in [0.4, 0.5) is 0 Å². The monoisotopic (exact) mass is 287 g/mol. The van der Waals surface area contributed by atoms with Crippen LogP contribution in [0.3, 0.4) is 0 Å². The van der Waals surface area contributed by atoms with Gasteiger partial charge in [0.05, 0.1) is 0 Å². The van der Waals surface area contributed by atoms with Crippen molar-refractivity contribution in [3.05, 3.63) is 29.8 Å². The molecule has 1 aromatic carbocycles. The predicted octanol–water partition coefficient (Wildman–Crippen LogP) is 3.31. The fourth-order valence-corrected chi connectivity index (χ4v) is 4.09. The molecule has 2 fully saturated rings. The van der Waals surface area contributed by atoms with Gasteiger partial charge in [-0.1, -0.05) is 24.1 Å². The van der Waals surface area contributed by atoms with Gasteiger partial charge in [-0.3, -0.25) is 4.79 Å². The van der Waals surface area contributed by atoms with E-state index in [1.165, 1.54) is 31.2 Å². The van der Waals surface area contributed by atoms with Crippen molar-refractivity contribution in [1.82, 2.24) is 5.32 Å². The van der Waals surface area contributed by atoms with E-state index in [0.29, 0.717) is 5.92 Å². The van der Waals surface area contributed by atoms with E-state index in [4.69, 9.17) is 4.74 Å². The lowest BCUT2D eigenvalue weighted by Gasteiger charge is -2.28. The summed E-state index contributed by atoms with van der Waals surface area (Å²) in [5.74, 6) is 3.17. The molecule has 0 spiro atoms. The van der Waals surface area contributed by atoms with Gasteiger partial charge in [-0.25, -0.2) is 0 Å². The van der Waals surface area contributed by atoms with Crippen molar-refractivity contribution in [2.45, 2.75) is 45.6 Å². The summed E-state index contributed by atoms with van der Waals surface area (Å²) >= 11 is 0. The van der Waals surface area contributed by atoms with Crippen molar-refractivity contribution in [1.29, 1.82) is 0 Å². The maximum absolute atomic E-state index is 12.0. The van der Waals surface area contributed by atoms with E-state index in [-0.39, 0.29) is 18.6 Å². The zero-order chi connectivity index (χ0) is 14.8. The minimum absolute atomic E-state index is 0.00847. The van der Waals surface area contributed by atoms with Gasteiger partial charge in [0.25, 0.3) is 5.91 Å². The van der Waals surface area contributed by atoms with Gasteiger partial charge in [-0.15, -0.1) is 0 Å². The molecule has 2 saturated carbocycles. The first-order valence-electron chi connectivity index (χ1n) is 8.10. The van der Waals surface area contributed by atoms with Gasteiger partial charge in [0.15, 0.2) is 6.61 Å². The van der Waals surface area contributed by atoms with Gasteiger partial charge >= 0.3 is 0 Å². The topological polar surface area (TPSA) is 38.3 Å². The summed E-state index contributed by atoms with van der Waals surface area (Å²) in [7, 11) is 0. The van der Waals surface area contributed by atoms with E-state index in [9.17, 15) is 4.79 Å². The molecule has 3 nitrogen and oxygen atoms in total. The predicted molar refractivity (Wildman–Crippen MR) is 83.2 cm³/mol. The molecule has 4 unspecified atom stereocenters. The first-order chi connectivity index (χ1) is 10.1. The molecule has 3 heteroatoms. The van der Waals surface area contributed by atoms with Crippen LogP contribution in [0, 0.1) is 24.7 Å². The fraction of sp³-hybridized carbons (Fsp3) is 0.611. The number of rotatable bonds is 5. The number of hydrogen-bond acceptors (Lipinski definition) is 2. The van der Waals surface area contributed by atoms with Crippen LogP contribution < -0.4 is 10.1 Å². The molecule has 2 aliphatic carbocycles. The number of nitrogens with one attached hydrogen (secondary N) is 1. The lowest BCUT2D eigenvalue weighted by atomic mass is 9.84. The number of aryl methyl sites for hydroxylation is 1. The third kappa shape index (κ3) is 3.39. The molecule has 3 rings (SSSR count). The molecule has 21 heavy (non-hydrogen) atoms. The van der Waals surface area contributed by atoms with Crippen LogP contribution in [0.1, 0.15) is 38.2 Å². The third-order valence-corrected chi connectivity index (χ3v) is 5.21. The average Bonchev–Trinajstić information content (AvgIpc) is 3.09. The summed E-state index contributed by atoms with van der Waals surface area (Å²) in [6.07, 6.45) is 5.43. The molecule has 4 atom stereocenters. The number of fused-ring (bicyclic) bond motifs is 2. The highest BCUT2D eigenvalue weighted by molar-refractivity contribution is 5.77. The molecule has 0 saturated heterocycles. The number of benzene rings is 1. The van der Waals surface area contributed by atoms with Gasteiger partial charge in [0.2, 0.25) is 0 Å². The van der Waals surface area contributed by atoms with Crippen LogP contribution in [0.25, 0.3) is 0 Å². The zero-order valence-electron chi connectivity index (χ0n) is 13.0. The van der Waals surface area contributed by atoms with Crippen molar-refractivity contribution in [3.8, 4) is 5.75 Å². The summed E-state index contributed by atoms with van der Waals surface area (Å²) < 4.78 is 5.54. The molecule has 2 bridgehead atoms. The maximum atomic E-state index is 12.0. The van der Waals surface area contributed by atoms with Crippen LogP contribution in [0.2, 0.25) is 0 Å². The Morgan fingerprint density at radius 3 is 2.67 bits per heavy atom. The lowest BCUT2D eigenvalue weighted by molar-refractivity contribution is -0.124. The second-order valence-corrected chi connectivity index (χ2v) is 6.80. The maximum Gasteiger partial charge on any atom is 0.258 e. The minimum atomic E-state index is -0.00847. The van der Waals surface area contributed by atoms with Crippen LogP contribution in [0.5, 0.6) is 5.75 Å². The second-order valence-electron chi connectivity index (χ2n) is 6.80. The Balaban J connectivity index is 1.44. The summed E-state index contributed by atoms with van der Waals surface area (Å²) in [4.78, 5) is 12.0. The molecule has 1 N–H and O–H groups in total. The zero-order valence-corrected chi connectivity index (χ0v) is 13.0. The van der Waals surface area contributed by atoms with E-state index < -0.39 is 0 Å². The quantitative estimate of drug-likeness (QED) is 0.902. The Labute approximate surface area is 127 Å². The Hall–Kier alpha value is -1.51. The third-order valence-electron chi connectivity index (χ3n) is 5.21. The van der Waals surface area contributed by atoms with Crippen LogP contribution in [-0.4, -0.2) is 18.6 Å². The molecule has 1 amide bonds. The van der Waals surface area contributed by atoms with Crippen molar-refractivity contribution in [2.24, 2.45) is 17.8 Å². The molecule has 1 aromatic rings. The summed E-state index contributed by atoms with van der Waals surface area (Å²) in [5, 5.41) is 3.12. The Morgan fingerprint density at radius 2 is 2.05 bits per heavy atom. The number of carbonyl (C=O) groups is 1. The summed E-state index contributed by atoms with van der Waals surface area (Å²) in [6, 6.07) is 8.06. The van der Waals surface area contributed by atoms with Crippen LogP contribution in [-0.2, 0) is 4.79 Å². The van der Waals surface area contributed by atoms with Crippen molar-refractivity contribution < 1.29 is 9.53 Å². The largest absolute Gasteiger partial charge is 0.484 e. The number of carbonyl (C=O) groups excluding carboxylic acids is 1. The summed E-state index contributed by atoms with van der Waals surface area (Å²) in [5.41, 5.74) is 1.19.